The van der Waals surface area contributed by atoms with Crippen LogP contribution < -0.4 is 0 Å². The summed E-state index contributed by atoms with van der Waals surface area (Å²) in [5.41, 5.74) is 9.87. The molecular formula is C51H31N3S2. The lowest BCUT2D eigenvalue weighted by Gasteiger charge is -2.13. The van der Waals surface area contributed by atoms with Gasteiger partial charge in [-0.2, -0.15) is 0 Å². The molecule has 0 aliphatic rings. The van der Waals surface area contributed by atoms with Crippen molar-refractivity contribution in [3.63, 3.8) is 0 Å². The molecule has 262 valence electrons. The number of fused-ring (bicyclic) bond motifs is 6. The van der Waals surface area contributed by atoms with E-state index in [1.54, 1.807) is 11.3 Å². The van der Waals surface area contributed by atoms with Crippen LogP contribution in [0.2, 0.25) is 0 Å². The Morgan fingerprint density at radius 3 is 1.57 bits per heavy atom. The number of hydrogen-bond donors (Lipinski definition) is 0. The van der Waals surface area contributed by atoms with E-state index in [0.29, 0.717) is 17.5 Å². The lowest BCUT2D eigenvalue weighted by atomic mass is 9.96. The van der Waals surface area contributed by atoms with Crippen LogP contribution in [0.5, 0.6) is 0 Å². The summed E-state index contributed by atoms with van der Waals surface area (Å²) in [5, 5.41) is 4.98. The molecule has 0 spiro atoms. The summed E-state index contributed by atoms with van der Waals surface area (Å²) in [6.45, 7) is 0. The van der Waals surface area contributed by atoms with Crippen LogP contribution in [0.3, 0.4) is 0 Å². The molecule has 0 atom stereocenters. The molecule has 0 aliphatic heterocycles. The zero-order valence-electron chi connectivity index (χ0n) is 30.1. The summed E-state index contributed by atoms with van der Waals surface area (Å²) < 4.78 is 4.89. The Hall–Kier alpha value is -6.79. The van der Waals surface area contributed by atoms with E-state index in [4.69, 9.17) is 15.0 Å². The standard InChI is InChI=1S/C51H31N3S2/c1-4-14-32(15-5-1)36-28-37(33-16-6-2-7-17-33)30-38(29-36)50-52-49(53-51(54-50)43-23-12-22-41-40-20-10-11-24-44(40)56-48(41)43)35-26-27-42-46(31-35)55-45-25-13-21-39(47(42)45)34-18-8-3-9-19-34/h1-31H. The predicted molar refractivity (Wildman–Crippen MR) is 238 cm³/mol. The van der Waals surface area contributed by atoms with E-state index in [1.165, 1.54) is 51.5 Å². The van der Waals surface area contributed by atoms with Crippen LogP contribution in [-0.2, 0) is 0 Å². The van der Waals surface area contributed by atoms with E-state index >= 15 is 0 Å². The lowest BCUT2D eigenvalue weighted by molar-refractivity contribution is 1.08. The predicted octanol–water partition coefficient (Wildman–Crippen LogP) is 14.6. The van der Waals surface area contributed by atoms with Crippen LogP contribution in [0.25, 0.3) is 108 Å². The van der Waals surface area contributed by atoms with Crippen molar-refractivity contribution in [1.82, 2.24) is 15.0 Å². The molecule has 0 amide bonds. The molecule has 3 nitrogen and oxygen atoms in total. The molecule has 5 heteroatoms. The highest BCUT2D eigenvalue weighted by molar-refractivity contribution is 7.26. The van der Waals surface area contributed by atoms with E-state index in [0.717, 1.165) is 38.9 Å². The highest BCUT2D eigenvalue weighted by Crippen LogP contribution is 2.43. The minimum Gasteiger partial charge on any atom is -0.208 e. The van der Waals surface area contributed by atoms with Gasteiger partial charge in [-0.1, -0.05) is 146 Å². The van der Waals surface area contributed by atoms with E-state index < -0.39 is 0 Å². The van der Waals surface area contributed by atoms with Crippen LogP contribution in [0.1, 0.15) is 0 Å². The van der Waals surface area contributed by atoms with E-state index in [2.05, 4.69) is 188 Å². The fraction of sp³-hybridized carbons (Fsp3) is 0. The van der Waals surface area contributed by atoms with Gasteiger partial charge in [0, 0.05) is 57.0 Å². The van der Waals surface area contributed by atoms with Gasteiger partial charge >= 0.3 is 0 Å². The maximum atomic E-state index is 5.32. The smallest absolute Gasteiger partial charge is 0.165 e. The third-order valence-corrected chi connectivity index (χ3v) is 12.9. The van der Waals surface area contributed by atoms with Crippen molar-refractivity contribution < 1.29 is 0 Å². The molecule has 0 saturated heterocycles. The molecule has 0 unspecified atom stereocenters. The molecule has 0 radical (unpaired) electrons. The van der Waals surface area contributed by atoms with Gasteiger partial charge in [-0.15, -0.1) is 22.7 Å². The molecule has 0 fully saturated rings. The Labute approximate surface area is 331 Å². The van der Waals surface area contributed by atoms with Crippen LogP contribution in [-0.4, -0.2) is 15.0 Å². The average Bonchev–Trinajstić information content (AvgIpc) is 3.85. The molecule has 11 aromatic rings. The number of hydrogen-bond acceptors (Lipinski definition) is 5. The fourth-order valence-electron chi connectivity index (χ4n) is 7.85. The molecule has 0 saturated carbocycles. The topological polar surface area (TPSA) is 38.7 Å². The molecule has 0 bridgehead atoms. The molecular weight excluding hydrogens is 719 g/mol. The van der Waals surface area contributed by atoms with Gasteiger partial charge in [-0.3, -0.25) is 0 Å². The van der Waals surface area contributed by atoms with Crippen LogP contribution in [0.4, 0.5) is 0 Å². The van der Waals surface area contributed by atoms with Gasteiger partial charge in [-0.05, 0) is 75.8 Å². The van der Waals surface area contributed by atoms with Gasteiger partial charge in [0.05, 0.1) is 0 Å². The monoisotopic (exact) mass is 749 g/mol. The Balaban J connectivity index is 1.14. The Bertz CT molecular complexity index is 3180. The molecule has 11 rings (SSSR count). The molecule has 0 aliphatic carbocycles. The van der Waals surface area contributed by atoms with Crippen LogP contribution in [0, 0.1) is 0 Å². The summed E-state index contributed by atoms with van der Waals surface area (Å²) in [6, 6.07) is 66.8. The number of rotatable bonds is 6. The van der Waals surface area contributed by atoms with E-state index in [1.807, 2.05) is 11.3 Å². The van der Waals surface area contributed by atoms with Crippen molar-refractivity contribution in [3.05, 3.63) is 188 Å². The third-order valence-electron chi connectivity index (χ3n) is 10.5. The Morgan fingerprint density at radius 1 is 0.286 bits per heavy atom. The van der Waals surface area contributed by atoms with Crippen LogP contribution >= 0.6 is 22.7 Å². The maximum Gasteiger partial charge on any atom is 0.165 e. The van der Waals surface area contributed by atoms with E-state index in [-0.39, 0.29) is 0 Å². The molecule has 3 aromatic heterocycles. The normalized spacial score (nSPS) is 11.6. The zero-order chi connectivity index (χ0) is 37.0. The van der Waals surface area contributed by atoms with Crippen molar-refractivity contribution >= 4 is 63.0 Å². The molecule has 8 aromatic carbocycles. The zero-order valence-corrected chi connectivity index (χ0v) is 31.7. The Kier molecular flexibility index (Phi) is 7.87. The number of thiophene rings is 2. The minimum atomic E-state index is 0.640. The highest BCUT2D eigenvalue weighted by Gasteiger charge is 2.19. The second kappa shape index (κ2) is 13.5. The summed E-state index contributed by atoms with van der Waals surface area (Å²) in [6.07, 6.45) is 0. The lowest BCUT2D eigenvalue weighted by Crippen LogP contribution is -2.00. The van der Waals surface area contributed by atoms with E-state index in [9.17, 15) is 0 Å². The van der Waals surface area contributed by atoms with Crippen molar-refractivity contribution in [2.75, 3.05) is 0 Å². The van der Waals surface area contributed by atoms with Gasteiger partial charge in [0.25, 0.3) is 0 Å². The fourth-order valence-corrected chi connectivity index (χ4v) is 10.2. The largest absolute Gasteiger partial charge is 0.208 e. The van der Waals surface area contributed by atoms with Gasteiger partial charge in [-0.25, -0.2) is 15.0 Å². The second-order valence-electron chi connectivity index (χ2n) is 14.0. The average molecular weight is 750 g/mol. The minimum absolute atomic E-state index is 0.640. The van der Waals surface area contributed by atoms with Gasteiger partial charge in [0.1, 0.15) is 0 Å². The first-order chi connectivity index (χ1) is 27.7. The quantitative estimate of drug-likeness (QED) is 0.170. The summed E-state index contributed by atoms with van der Waals surface area (Å²) in [7, 11) is 0. The SMILES string of the molecule is c1ccc(-c2cc(-c3ccccc3)cc(-c3nc(-c4ccc5c(c4)sc4cccc(-c6ccccc6)c45)nc(-c4cccc5c4sc4ccccc45)n3)c2)cc1. The summed E-state index contributed by atoms with van der Waals surface area (Å²) in [5.74, 6) is 1.95. The van der Waals surface area contributed by atoms with Crippen molar-refractivity contribution in [2.45, 2.75) is 0 Å². The second-order valence-corrected chi connectivity index (χ2v) is 16.1. The number of benzene rings is 8. The maximum absolute atomic E-state index is 5.32. The van der Waals surface area contributed by atoms with Gasteiger partial charge < -0.3 is 0 Å². The van der Waals surface area contributed by atoms with Gasteiger partial charge in [0.2, 0.25) is 0 Å². The first-order valence-electron chi connectivity index (χ1n) is 18.7. The van der Waals surface area contributed by atoms with Crippen molar-refractivity contribution in [1.29, 1.82) is 0 Å². The number of nitrogens with zero attached hydrogens (tertiary/aromatic N) is 3. The van der Waals surface area contributed by atoms with Gasteiger partial charge in [0.15, 0.2) is 17.5 Å². The summed E-state index contributed by atoms with van der Waals surface area (Å²) >= 11 is 3.61. The van der Waals surface area contributed by atoms with Crippen molar-refractivity contribution in [3.8, 4) is 67.5 Å². The van der Waals surface area contributed by atoms with Crippen LogP contribution in [0.15, 0.2) is 188 Å². The summed E-state index contributed by atoms with van der Waals surface area (Å²) in [4.78, 5) is 15.9. The first kappa shape index (κ1) is 32.6. The first-order valence-corrected chi connectivity index (χ1v) is 20.3. The third kappa shape index (κ3) is 5.68. The molecule has 56 heavy (non-hydrogen) atoms. The number of aromatic nitrogens is 3. The Morgan fingerprint density at radius 2 is 0.839 bits per heavy atom. The molecule has 3 heterocycles. The highest BCUT2D eigenvalue weighted by atomic mass is 32.1. The van der Waals surface area contributed by atoms with Crippen molar-refractivity contribution in [2.24, 2.45) is 0 Å². The molecule has 0 N–H and O–H groups in total.